The van der Waals surface area contributed by atoms with Crippen molar-refractivity contribution in [3.63, 3.8) is 0 Å². The minimum atomic E-state index is -0.519. The van der Waals surface area contributed by atoms with E-state index in [1.54, 1.807) is 15.7 Å². The topological polar surface area (TPSA) is 77.8 Å². The summed E-state index contributed by atoms with van der Waals surface area (Å²) in [5, 5.41) is 0. The molecule has 7 heteroatoms. The first-order valence-corrected chi connectivity index (χ1v) is 8.57. The lowest BCUT2D eigenvalue weighted by atomic mass is 10.0. The van der Waals surface area contributed by atoms with Crippen LogP contribution < -0.4 is 5.56 Å². The van der Waals surface area contributed by atoms with E-state index in [1.807, 2.05) is 27.7 Å². The van der Waals surface area contributed by atoms with Crippen LogP contribution in [0.5, 0.6) is 0 Å². The lowest BCUT2D eigenvalue weighted by Gasteiger charge is -2.34. The highest BCUT2D eigenvalue weighted by molar-refractivity contribution is 5.94. The largest absolute Gasteiger partial charge is 0.457 e. The number of hydrogen-bond donors (Lipinski definition) is 0. The number of carbonyl (C=O) groups excluding carboxylic acids is 2. The fourth-order valence-electron chi connectivity index (χ4n) is 3.38. The summed E-state index contributed by atoms with van der Waals surface area (Å²) in [5.41, 5.74) is 0.926. The Bertz CT molecular complexity index is 767. The average Bonchev–Trinajstić information content (AvgIpc) is 2.92. The molecule has 0 aromatic carbocycles. The molecule has 0 unspecified atom stereocenters. The number of amides is 1. The zero-order valence-electron chi connectivity index (χ0n) is 15.1. The van der Waals surface area contributed by atoms with Gasteiger partial charge in [0.15, 0.2) is 0 Å². The van der Waals surface area contributed by atoms with Gasteiger partial charge in [0, 0.05) is 25.3 Å². The molecule has 0 saturated carbocycles. The number of carbonyl (C=O) groups is 2. The number of fused-ring (bicyclic) bond motifs is 1. The van der Waals surface area contributed by atoms with E-state index in [0.29, 0.717) is 37.1 Å². The Hall–Kier alpha value is -2.31. The highest BCUT2D eigenvalue weighted by Gasteiger charge is 2.31. The maximum absolute atomic E-state index is 12.7. The van der Waals surface area contributed by atoms with Crippen LogP contribution in [0.25, 0.3) is 0 Å². The van der Waals surface area contributed by atoms with Gasteiger partial charge >= 0.3 is 12.1 Å². The van der Waals surface area contributed by atoms with Crippen LogP contribution in [-0.4, -0.2) is 40.2 Å². The van der Waals surface area contributed by atoms with Crippen LogP contribution in [0.15, 0.2) is 11.0 Å². The molecule has 136 valence electrons. The van der Waals surface area contributed by atoms with Crippen molar-refractivity contribution in [2.75, 3.05) is 13.1 Å². The van der Waals surface area contributed by atoms with Crippen molar-refractivity contribution < 1.29 is 19.1 Å². The zero-order valence-corrected chi connectivity index (χ0v) is 15.1. The third kappa shape index (κ3) is 3.41. The van der Waals surface area contributed by atoms with Crippen molar-refractivity contribution in [3.8, 4) is 0 Å². The fraction of sp³-hybridized carbons (Fsp3) is 0.611. The van der Waals surface area contributed by atoms with Crippen LogP contribution in [0, 0.1) is 6.92 Å². The summed E-state index contributed by atoms with van der Waals surface area (Å²) in [6.45, 7) is 8.47. The number of aryl methyl sites for hydroxylation is 1. The van der Waals surface area contributed by atoms with Crippen molar-refractivity contribution in [1.82, 2.24) is 9.47 Å². The molecule has 1 aromatic rings. The number of likely N-dealkylation sites (tertiary alicyclic amines) is 1. The first-order valence-electron chi connectivity index (χ1n) is 8.57. The standard InChI is InChI=1S/C18H24N2O5/c1-11-9-20(15(21)13-10-24-16(22)14(11)13)12-5-7-19(8-6-12)17(23)25-18(2,3)4/h9,12H,5-8,10H2,1-4H3. The third-order valence-electron chi connectivity index (χ3n) is 4.58. The van der Waals surface area contributed by atoms with Gasteiger partial charge in [-0.15, -0.1) is 0 Å². The minimum absolute atomic E-state index is 0.00545. The average molecular weight is 348 g/mol. The molecule has 1 fully saturated rings. The summed E-state index contributed by atoms with van der Waals surface area (Å²) in [6, 6.07) is 0.00545. The van der Waals surface area contributed by atoms with Gasteiger partial charge in [0.05, 0.1) is 11.1 Å². The Morgan fingerprint density at radius 2 is 1.88 bits per heavy atom. The Labute approximate surface area is 146 Å². The van der Waals surface area contributed by atoms with E-state index < -0.39 is 11.6 Å². The van der Waals surface area contributed by atoms with Crippen molar-refractivity contribution in [2.45, 2.75) is 58.8 Å². The van der Waals surface area contributed by atoms with Gasteiger partial charge in [0.2, 0.25) is 0 Å². The Morgan fingerprint density at radius 1 is 1.24 bits per heavy atom. The van der Waals surface area contributed by atoms with Crippen molar-refractivity contribution in [3.05, 3.63) is 33.2 Å². The number of nitrogens with zero attached hydrogens (tertiary/aromatic N) is 2. The summed E-state index contributed by atoms with van der Waals surface area (Å²) in [5.74, 6) is -0.420. The van der Waals surface area contributed by atoms with Gasteiger partial charge in [-0.05, 0) is 46.1 Å². The second-order valence-electron chi connectivity index (χ2n) is 7.65. The molecular formula is C18H24N2O5. The molecule has 2 aliphatic heterocycles. The SMILES string of the molecule is Cc1cn(C2CCN(C(=O)OC(C)(C)C)CC2)c(=O)c2c1C(=O)OC2. The quantitative estimate of drug-likeness (QED) is 0.728. The number of ether oxygens (including phenoxy) is 2. The van der Waals surface area contributed by atoms with Crippen molar-refractivity contribution >= 4 is 12.1 Å². The van der Waals surface area contributed by atoms with E-state index in [-0.39, 0.29) is 24.3 Å². The molecule has 0 atom stereocenters. The van der Waals surface area contributed by atoms with Gasteiger partial charge in [-0.3, -0.25) is 4.79 Å². The van der Waals surface area contributed by atoms with Crippen LogP contribution in [0.2, 0.25) is 0 Å². The molecule has 25 heavy (non-hydrogen) atoms. The number of esters is 1. The molecule has 1 amide bonds. The van der Waals surface area contributed by atoms with Crippen LogP contribution >= 0.6 is 0 Å². The van der Waals surface area contributed by atoms with Gasteiger partial charge in [-0.25, -0.2) is 9.59 Å². The number of pyridine rings is 1. The lowest BCUT2D eigenvalue weighted by Crippen LogP contribution is -2.43. The fourth-order valence-corrected chi connectivity index (χ4v) is 3.38. The van der Waals surface area contributed by atoms with Gasteiger partial charge in [0.1, 0.15) is 12.2 Å². The zero-order chi connectivity index (χ0) is 18.4. The van der Waals surface area contributed by atoms with Crippen LogP contribution in [-0.2, 0) is 16.1 Å². The van der Waals surface area contributed by atoms with E-state index in [2.05, 4.69) is 0 Å². The second-order valence-corrected chi connectivity index (χ2v) is 7.65. The van der Waals surface area contributed by atoms with E-state index >= 15 is 0 Å². The molecule has 0 bridgehead atoms. The van der Waals surface area contributed by atoms with Crippen LogP contribution in [0.1, 0.15) is 61.1 Å². The Kier molecular flexibility index (Phi) is 4.34. The maximum atomic E-state index is 12.7. The summed E-state index contributed by atoms with van der Waals surface area (Å²) in [4.78, 5) is 38.2. The van der Waals surface area contributed by atoms with Gasteiger partial charge in [-0.1, -0.05) is 0 Å². The molecule has 7 nitrogen and oxygen atoms in total. The number of rotatable bonds is 1. The van der Waals surface area contributed by atoms with E-state index in [4.69, 9.17) is 9.47 Å². The van der Waals surface area contributed by atoms with Gasteiger partial charge in [-0.2, -0.15) is 0 Å². The predicted octanol–water partition coefficient (Wildman–Crippen LogP) is 2.40. The molecular weight excluding hydrogens is 324 g/mol. The van der Waals surface area contributed by atoms with Crippen molar-refractivity contribution in [1.29, 1.82) is 0 Å². The van der Waals surface area contributed by atoms with Gasteiger partial charge < -0.3 is 18.9 Å². The van der Waals surface area contributed by atoms with Crippen LogP contribution in [0.4, 0.5) is 4.79 Å². The molecule has 1 saturated heterocycles. The van der Waals surface area contributed by atoms with E-state index in [1.165, 1.54) is 0 Å². The number of cyclic esters (lactones) is 1. The summed E-state index contributed by atoms with van der Waals surface area (Å²) in [6.07, 6.45) is 2.77. The summed E-state index contributed by atoms with van der Waals surface area (Å²) >= 11 is 0. The maximum Gasteiger partial charge on any atom is 0.410 e. The monoisotopic (exact) mass is 348 g/mol. The van der Waals surface area contributed by atoms with Crippen molar-refractivity contribution in [2.24, 2.45) is 0 Å². The molecule has 0 aliphatic carbocycles. The minimum Gasteiger partial charge on any atom is -0.457 e. The first-order chi connectivity index (χ1) is 11.7. The van der Waals surface area contributed by atoms with Crippen LogP contribution in [0.3, 0.4) is 0 Å². The predicted molar refractivity (Wildman–Crippen MR) is 90.6 cm³/mol. The molecule has 1 aromatic heterocycles. The molecule has 0 N–H and O–H groups in total. The smallest absolute Gasteiger partial charge is 0.410 e. The first kappa shape index (κ1) is 17.5. The Balaban J connectivity index is 1.74. The highest BCUT2D eigenvalue weighted by Crippen LogP contribution is 2.26. The highest BCUT2D eigenvalue weighted by atomic mass is 16.6. The third-order valence-corrected chi connectivity index (χ3v) is 4.58. The normalized spacial score (nSPS) is 18.1. The molecule has 0 radical (unpaired) electrons. The Morgan fingerprint density at radius 3 is 2.48 bits per heavy atom. The van der Waals surface area contributed by atoms with E-state index in [0.717, 1.165) is 5.56 Å². The lowest BCUT2D eigenvalue weighted by molar-refractivity contribution is 0.0187. The summed E-state index contributed by atoms with van der Waals surface area (Å²) < 4.78 is 12.1. The van der Waals surface area contributed by atoms with E-state index in [9.17, 15) is 14.4 Å². The van der Waals surface area contributed by atoms with Gasteiger partial charge in [0.25, 0.3) is 5.56 Å². The molecule has 2 aliphatic rings. The number of hydrogen-bond acceptors (Lipinski definition) is 5. The number of aromatic nitrogens is 1. The summed E-state index contributed by atoms with van der Waals surface area (Å²) in [7, 11) is 0. The second kappa shape index (κ2) is 6.20. The molecule has 0 spiro atoms. The molecule has 3 heterocycles. The molecule has 3 rings (SSSR count). The number of piperidine rings is 1.